The van der Waals surface area contributed by atoms with Gasteiger partial charge in [-0.1, -0.05) is 6.07 Å². The highest BCUT2D eigenvalue weighted by atomic mass is 32.2. The monoisotopic (exact) mass is 440 g/mol. The molecule has 0 unspecified atom stereocenters. The number of rotatable bonds is 6. The molecule has 4 N–H and O–H groups in total. The number of carbonyl (C=O) groups is 1. The van der Waals surface area contributed by atoms with Gasteiger partial charge in [-0.25, -0.2) is 23.1 Å². The van der Waals surface area contributed by atoms with Crippen molar-refractivity contribution >= 4 is 33.6 Å². The average Bonchev–Trinajstić information content (AvgIpc) is 2.68. The predicted molar refractivity (Wildman–Crippen MR) is 116 cm³/mol. The van der Waals surface area contributed by atoms with Gasteiger partial charge >= 0.3 is 0 Å². The number of phenolic OH excluding ortho intramolecular Hbond substituents is 2. The first-order chi connectivity index (χ1) is 14.6. The molecule has 3 rings (SSSR count). The number of nitrogens with one attached hydrogen (secondary N) is 2. The number of hydrogen-bond donors (Lipinski definition) is 4. The summed E-state index contributed by atoms with van der Waals surface area (Å²) < 4.78 is 27.4. The van der Waals surface area contributed by atoms with Gasteiger partial charge in [0.05, 0.1) is 4.90 Å². The van der Waals surface area contributed by atoms with E-state index in [-0.39, 0.29) is 22.3 Å². The van der Waals surface area contributed by atoms with Crippen molar-refractivity contribution in [2.75, 3.05) is 10.0 Å². The molecule has 1 heterocycles. The van der Waals surface area contributed by atoms with Gasteiger partial charge in [0.1, 0.15) is 0 Å². The first-order valence-corrected chi connectivity index (χ1v) is 10.6. The standard InChI is InChI=1S/C21H20N4O5S/c1-13-11-14(2)23-21(22-13)25-31(29,30)17-7-5-16(6-8-17)24-20(28)10-4-15-3-9-18(26)19(27)12-15/h3-12,26-27H,1-2H3,(H,24,28)(H,22,23,25)/b10-4+. The minimum Gasteiger partial charge on any atom is -0.504 e. The van der Waals surface area contributed by atoms with Gasteiger partial charge in [-0.05, 0) is 68.0 Å². The lowest BCUT2D eigenvalue weighted by Gasteiger charge is -2.09. The van der Waals surface area contributed by atoms with E-state index in [2.05, 4.69) is 20.0 Å². The van der Waals surface area contributed by atoms with Crippen molar-refractivity contribution in [3.63, 3.8) is 0 Å². The number of aromatic hydroxyl groups is 2. The molecule has 1 aromatic heterocycles. The van der Waals surface area contributed by atoms with E-state index in [0.717, 1.165) is 0 Å². The summed E-state index contributed by atoms with van der Waals surface area (Å²) in [5.41, 5.74) is 2.19. The van der Waals surface area contributed by atoms with E-state index in [1.54, 1.807) is 19.9 Å². The Labute approximate surface area is 179 Å². The molecule has 160 valence electrons. The smallest absolute Gasteiger partial charge is 0.264 e. The maximum Gasteiger partial charge on any atom is 0.264 e. The van der Waals surface area contributed by atoms with E-state index in [4.69, 9.17) is 0 Å². The van der Waals surface area contributed by atoms with Crippen molar-refractivity contribution in [1.29, 1.82) is 0 Å². The van der Waals surface area contributed by atoms with Crippen LogP contribution in [0.5, 0.6) is 11.5 Å². The summed E-state index contributed by atoms with van der Waals surface area (Å²) in [6.45, 7) is 3.48. The van der Waals surface area contributed by atoms with E-state index in [1.165, 1.54) is 54.6 Å². The number of carbonyl (C=O) groups excluding carboxylic acids is 1. The third kappa shape index (κ3) is 5.80. The number of benzene rings is 2. The Kier molecular flexibility index (Phi) is 6.21. The number of amides is 1. The summed E-state index contributed by atoms with van der Waals surface area (Å²) in [5, 5.41) is 21.4. The minimum atomic E-state index is -3.89. The second kappa shape index (κ2) is 8.84. The van der Waals surface area contributed by atoms with Crippen LogP contribution in [0.3, 0.4) is 0 Å². The van der Waals surface area contributed by atoms with Crippen molar-refractivity contribution in [3.8, 4) is 11.5 Å². The summed E-state index contributed by atoms with van der Waals surface area (Å²) in [6, 6.07) is 11.5. The molecule has 0 spiro atoms. The van der Waals surface area contributed by atoms with Crippen molar-refractivity contribution in [1.82, 2.24) is 9.97 Å². The first-order valence-electron chi connectivity index (χ1n) is 9.08. The Morgan fingerprint density at radius 2 is 1.58 bits per heavy atom. The molecule has 0 fully saturated rings. The van der Waals surface area contributed by atoms with E-state index >= 15 is 0 Å². The summed E-state index contributed by atoms with van der Waals surface area (Å²) in [5.74, 6) is -1.01. The van der Waals surface area contributed by atoms with Crippen LogP contribution in [0.15, 0.2) is 59.5 Å². The molecule has 9 nitrogen and oxygen atoms in total. The first kappa shape index (κ1) is 21.8. The van der Waals surface area contributed by atoms with E-state index in [1.807, 2.05) is 0 Å². The van der Waals surface area contributed by atoms with Crippen molar-refractivity contribution < 1.29 is 23.4 Å². The normalized spacial score (nSPS) is 11.4. The van der Waals surface area contributed by atoms with Crippen LogP contribution in [0.1, 0.15) is 17.0 Å². The molecule has 0 radical (unpaired) electrons. The topological polar surface area (TPSA) is 142 Å². The third-order valence-electron chi connectivity index (χ3n) is 4.07. The molecule has 31 heavy (non-hydrogen) atoms. The summed E-state index contributed by atoms with van der Waals surface area (Å²) in [6.07, 6.45) is 2.70. The molecule has 1 amide bonds. The van der Waals surface area contributed by atoms with Crippen LogP contribution >= 0.6 is 0 Å². The lowest BCUT2D eigenvalue weighted by atomic mass is 10.2. The van der Waals surface area contributed by atoms with Gasteiger partial charge in [0.25, 0.3) is 10.0 Å². The average molecular weight is 440 g/mol. The number of hydrogen-bond acceptors (Lipinski definition) is 7. The fourth-order valence-corrected chi connectivity index (χ4v) is 3.61. The van der Waals surface area contributed by atoms with Gasteiger partial charge in [0.15, 0.2) is 11.5 Å². The largest absolute Gasteiger partial charge is 0.504 e. The van der Waals surface area contributed by atoms with Crippen LogP contribution in [0.2, 0.25) is 0 Å². The Bertz CT molecular complexity index is 1240. The number of aromatic nitrogens is 2. The Morgan fingerprint density at radius 1 is 0.935 bits per heavy atom. The molecule has 0 aliphatic rings. The highest BCUT2D eigenvalue weighted by Gasteiger charge is 2.16. The second-order valence-corrected chi connectivity index (χ2v) is 8.36. The Balaban J connectivity index is 1.66. The lowest BCUT2D eigenvalue weighted by molar-refractivity contribution is -0.111. The van der Waals surface area contributed by atoms with Crippen LogP contribution in [0, 0.1) is 13.8 Å². The lowest BCUT2D eigenvalue weighted by Crippen LogP contribution is -2.16. The van der Waals surface area contributed by atoms with Crippen LogP contribution in [-0.2, 0) is 14.8 Å². The van der Waals surface area contributed by atoms with Gasteiger partial charge in [-0.2, -0.15) is 0 Å². The quantitative estimate of drug-likeness (QED) is 0.341. The molecule has 2 aromatic carbocycles. The second-order valence-electron chi connectivity index (χ2n) is 6.67. The number of nitrogens with zero attached hydrogens (tertiary/aromatic N) is 2. The van der Waals surface area contributed by atoms with Crippen molar-refractivity contribution in [2.24, 2.45) is 0 Å². The van der Waals surface area contributed by atoms with Crippen LogP contribution in [0.25, 0.3) is 6.08 Å². The molecule has 10 heteroatoms. The summed E-state index contributed by atoms with van der Waals surface area (Å²) in [7, 11) is -3.89. The number of phenols is 2. The number of sulfonamides is 1. The summed E-state index contributed by atoms with van der Waals surface area (Å²) in [4.78, 5) is 20.2. The van der Waals surface area contributed by atoms with E-state index in [9.17, 15) is 23.4 Å². The van der Waals surface area contributed by atoms with Crippen LogP contribution < -0.4 is 10.0 Å². The van der Waals surface area contributed by atoms with Gasteiger partial charge in [0.2, 0.25) is 11.9 Å². The fourth-order valence-electron chi connectivity index (χ4n) is 2.67. The zero-order valence-electron chi connectivity index (χ0n) is 16.7. The molecular formula is C21H20N4O5S. The van der Waals surface area contributed by atoms with E-state index < -0.39 is 15.9 Å². The Hall–Kier alpha value is -3.92. The molecule has 3 aromatic rings. The zero-order valence-corrected chi connectivity index (χ0v) is 17.5. The van der Waals surface area contributed by atoms with Gasteiger partial charge in [0, 0.05) is 23.2 Å². The molecule has 0 aliphatic carbocycles. The number of aryl methyl sites for hydroxylation is 2. The summed E-state index contributed by atoms with van der Waals surface area (Å²) >= 11 is 0. The van der Waals surface area contributed by atoms with Crippen molar-refractivity contribution in [3.05, 3.63) is 71.6 Å². The highest BCUT2D eigenvalue weighted by Crippen LogP contribution is 2.25. The predicted octanol–water partition coefficient (Wildman–Crippen LogP) is 2.96. The SMILES string of the molecule is Cc1cc(C)nc(NS(=O)(=O)c2ccc(NC(=O)/C=C/c3ccc(O)c(O)c3)cc2)n1. The molecule has 0 saturated heterocycles. The maximum atomic E-state index is 12.5. The minimum absolute atomic E-state index is 0.0108. The highest BCUT2D eigenvalue weighted by molar-refractivity contribution is 7.92. The van der Waals surface area contributed by atoms with E-state index in [0.29, 0.717) is 22.6 Å². The van der Waals surface area contributed by atoms with Crippen LogP contribution in [-0.4, -0.2) is 34.5 Å². The Morgan fingerprint density at radius 3 is 2.19 bits per heavy atom. The number of anilines is 2. The van der Waals surface area contributed by atoms with Crippen LogP contribution in [0.4, 0.5) is 11.6 Å². The molecule has 0 atom stereocenters. The molecular weight excluding hydrogens is 420 g/mol. The molecule has 0 bridgehead atoms. The van der Waals surface area contributed by atoms with Gasteiger partial charge in [-0.3, -0.25) is 4.79 Å². The molecule has 0 saturated carbocycles. The zero-order chi connectivity index (χ0) is 22.6. The third-order valence-corrected chi connectivity index (χ3v) is 5.41. The maximum absolute atomic E-state index is 12.5. The van der Waals surface area contributed by atoms with Gasteiger partial charge in [-0.15, -0.1) is 0 Å². The van der Waals surface area contributed by atoms with Gasteiger partial charge < -0.3 is 15.5 Å². The van der Waals surface area contributed by atoms with Crippen molar-refractivity contribution in [2.45, 2.75) is 18.7 Å². The fraction of sp³-hybridized carbons (Fsp3) is 0.0952. The molecule has 0 aliphatic heterocycles.